The summed E-state index contributed by atoms with van der Waals surface area (Å²) in [6, 6.07) is 10.5. The second-order valence-electron chi connectivity index (χ2n) is 5.16. The number of ether oxygens (including phenoxy) is 1. The lowest BCUT2D eigenvalue weighted by molar-refractivity contribution is -0.137. The topological polar surface area (TPSA) is 50.4 Å². The van der Waals surface area contributed by atoms with Crippen molar-refractivity contribution in [2.24, 2.45) is 0 Å². The Kier molecular flexibility index (Phi) is 6.27. The van der Waals surface area contributed by atoms with Crippen molar-refractivity contribution >= 4 is 23.2 Å². The van der Waals surface area contributed by atoms with E-state index < -0.39 is 22.7 Å². The number of rotatable bonds is 6. The van der Waals surface area contributed by atoms with Gasteiger partial charge in [0.15, 0.2) is 0 Å². The molecule has 0 spiro atoms. The molecular weight excluding hydrogens is 357 g/mol. The number of carbonyl (C=O) groups excluding carboxylic acids is 1. The molecule has 1 amide bonds. The molecule has 2 N–H and O–H groups in total. The molecule has 0 saturated heterocycles. The highest BCUT2D eigenvalue weighted by Crippen LogP contribution is 2.36. The first kappa shape index (κ1) is 19.1. The predicted molar refractivity (Wildman–Crippen MR) is 89.8 cm³/mol. The zero-order valence-corrected chi connectivity index (χ0v) is 14.0. The monoisotopic (exact) mass is 372 g/mol. The van der Waals surface area contributed by atoms with Crippen molar-refractivity contribution in [3.63, 3.8) is 0 Å². The average Bonchev–Trinajstić information content (AvgIpc) is 2.56. The van der Waals surface area contributed by atoms with Crippen LogP contribution in [0.4, 0.5) is 18.9 Å². The summed E-state index contributed by atoms with van der Waals surface area (Å²) in [7, 11) is 1.55. The fourth-order valence-electron chi connectivity index (χ4n) is 2.19. The van der Waals surface area contributed by atoms with Crippen LogP contribution in [0.5, 0.6) is 5.75 Å². The number of carbonyl (C=O) groups is 1. The lowest BCUT2D eigenvalue weighted by atomic mass is 10.2. The standard InChI is InChI=1S/C17H16ClF3N2O2/c1-25-15-5-3-2-4-11(15)9-22-10-16(24)23-12-6-7-14(18)13(8-12)17(19,20)21/h2-8,22H,9-10H2,1H3,(H,23,24). The molecular formula is C17H16ClF3N2O2. The third kappa shape index (κ3) is 5.37. The molecule has 25 heavy (non-hydrogen) atoms. The second-order valence-corrected chi connectivity index (χ2v) is 5.56. The van der Waals surface area contributed by atoms with Crippen molar-refractivity contribution < 1.29 is 22.7 Å². The molecule has 0 bridgehead atoms. The molecule has 4 nitrogen and oxygen atoms in total. The molecule has 0 aliphatic heterocycles. The Morgan fingerprint density at radius 3 is 2.60 bits per heavy atom. The number of anilines is 1. The normalized spacial score (nSPS) is 11.2. The quantitative estimate of drug-likeness (QED) is 0.802. The van der Waals surface area contributed by atoms with E-state index in [9.17, 15) is 18.0 Å². The Balaban J connectivity index is 1.92. The highest BCUT2D eigenvalue weighted by atomic mass is 35.5. The lowest BCUT2D eigenvalue weighted by Gasteiger charge is -2.12. The Morgan fingerprint density at radius 2 is 1.92 bits per heavy atom. The zero-order valence-electron chi connectivity index (χ0n) is 13.3. The molecule has 0 saturated carbocycles. The molecule has 0 heterocycles. The van der Waals surface area contributed by atoms with E-state index in [0.29, 0.717) is 12.3 Å². The summed E-state index contributed by atoms with van der Waals surface area (Å²) in [6.07, 6.45) is -4.58. The maximum Gasteiger partial charge on any atom is 0.417 e. The minimum absolute atomic E-state index is 0.0285. The van der Waals surface area contributed by atoms with E-state index >= 15 is 0 Å². The summed E-state index contributed by atoms with van der Waals surface area (Å²) in [6.45, 7) is 0.313. The smallest absolute Gasteiger partial charge is 0.417 e. The summed E-state index contributed by atoms with van der Waals surface area (Å²) in [5, 5.41) is 4.90. The molecule has 2 rings (SSSR count). The van der Waals surface area contributed by atoms with Gasteiger partial charge in [0.25, 0.3) is 0 Å². The van der Waals surface area contributed by atoms with Crippen LogP contribution in [0, 0.1) is 0 Å². The van der Waals surface area contributed by atoms with Gasteiger partial charge in [-0.05, 0) is 24.3 Å². The summed E-state index contributed by atoms with van der Waals surface area (Å²) >= 11 is 5.54. The van der Waals surface area contributed by atoms with E-state index in [1.807, 2.05) is 18.2 Å². The summed E-state index contributed by atoms with van der Waals surface area (Å²) in [4.78, 5) is 11.9. The van der Waals surface area contributed by atoms with E-state index in [2.05, 4.69) is 10.6 Å². The van der Waals surface area contributed by atoms with Gasteiger partial charge < -0.3 is 15.4 Å². The van der Waals surface area contributed by atoms with Gasteiger partial charge in [-0.1, -0.05) is 29.8 Å². The van der Waals surface area contributed by atoms with E-state index in [1.54, 1.807) is 13.2 Å². The highest BCUT2D eigenvalue weighted by Gasteiger charge is 2.33. The van der Waals surface area contributed by atoms with Crippen LogP contribution in [0.3, 0.4) is 0 Å². The van der Waals surface area contributed by atoms with Crippen molar-refractivity contribution in [1.82, 2.24) is 5.32 Å². The van der Waals surface area contributed by atoms with Crippen molar-refractivity contribution in [1.29, 1.82) is 0 Å². The minimum Gasteiger partial charge on any atom is -0.496 e. The maximum absolute atomic E-state index is 12.8. The Morgan fingerprint density at radius 1 is 1.20 bits per heavy atom. The van der Waals surface area contributed by atoms with Gasteiger partial charge in [0.05, 0.1) is 24.2 Å². The van der Waals surface area contributed by atoms with Crippen molar-refractivity contribution in [3.05, 3.63) is 58.6 Å². The van der Waals surface area contributed by atoms with Crippen molar-refractivity contribution in [3.8, 4) is 5.75 Å². The SMILES string of the molecule is COc1ccccc1CNCC(=O)Nc1ccc(Cl)c(C(F)(F)F)c1. The molecule has 0 aliphatic rings. The van der Waals surface area contributed by atoms with E-state index in [-0.39, 0.29) is 12.2 Å². The van der Waals surface area contributed by atoms with Gasteiger partial charge in [-0.25, -0.2) is 0 Å². The number of hydrogen-bond donors (Lipinski definition) is 2. The number of methoxy groups -OCH3 is 1. The van der Waals surface area contributed by atoms with Crippen molar-refractivity contribution in [2.45, 2.75) is 12.7 Å². The molecule has 8 heteroatoms. The van der Waals surface area contributed by atoms with Gasteiger partial charge in [0.2, 0.25) is 5.91 Å². The number of alkyl halides is 3. The fourth-order valence-corrected chi connectivity index (χ4v) is 2.41. The number of halogens is 4. The van der Waals surface area contributed by atoms with Crippen LogP contribution in [0.1, 0.15) is 11.1 Å². The van der Waals surface area contributed by atoms with Gasteiger partial charge in [-0.15, -0.1) is 0 Å². The summed E-state index contributed by atoms with van der Waals surface area (Å²) in [5.41, 5.74) is -0.0987. The van der Waals surface area contributed by atoms with Gasteiger partial charge in [0, 0.05) is 17.8 Å². The van der Waals surface area contributed by atoms with Gasteiger partial charge in [-0.3, -0.25) is 4.79 Å². The van der Waals surface area contributed by atoms with Gasteiger partial charge in [0.1, 0.15) is 5.75 Å². The first-order chi connectivity index (χ1) is 11.8. The van der Waals surface area contributed by atoms with E-state index in [1.165, 1.54) is 6.07 Å². The van der Waals surface area contributed by atoms with Crippen LogP contribution in [0.25, 0.3) is 0 Å². The third-order valence-electron chi connectivity index (χ3n) is 3.35. The molecule has 0 fully saturated rings. The maximum atomic E-state index is 12.8. The van der Waals surface area contributed by atoms with Crippen molar-refractivity contribution in [2.75, 3.05) is 19.0 Å². The summed E-state index contributed by atoms with van der Waals surface area (Å²) in [5.74, 6) is 0.216. The van der Waals surface area contributed by atoms with Crippen LogP contribution in [-0.2, 0) is 17.5 Å². The van der Waals surface area contributed by atoms with Gasteiger partial charge in [-0.2, -0.15) is 13.2 Å². The Labute approximate surface area is 147 Å². The molecule has 0 aromatic heterocycles. The number of para-hydroxylation sites is 1. The number of amides is 1. The molecule has 0 unspecified atom stereocenters. The minimum atomic E-state index is -4.58. The number of benzene rings is 2. The highest BCUT2D eigenvalue weighted by molar-refractivity contribution is 6.31. The molecule has 2 aromatic rings. The van der Waals surface area contributed by atoms with Crippen LogP contribution in [-0.4, -0.2) is 19.6 Å². The average molecular weight is 373 g/mol. The molecule has 134 valence electrons. The number of hydrogen-bond acceptors (Lipinski definition) is 3. The Bertz CT molecular complexity index is 751. The second kappa shape index (κ2) is 8.22. The Hall–Kier alpha value is -2.25. The predicted octanol–water partition coefficient (Wildman–Crippen LogP) is 4.10. The number of nitrogens with one attached hydrogen (secondary N) is 2. The molecule has 0 radical (unpaired) electrons. The summed E-state index contributed by atoms with van der Waals surface area (Å²) < 4.78 is 43.6. The van der Waals surface area contributed by atoms with Gasteiger partial charge >= 0.3 is 6.18 Å². The molecule has 0 atom stereocenters. The first-order valence-corrected chi connectivity index (χ1v) is 7.68. The zero-order chi connectivity index (χ0) is 18.4. The van der Waals surface area contributed by atoms with Crippen LogP contribution in [0.2, 0.25) is 5.02 Å². The van der Waals surface area contributed by atoms with E-state index in [4.69, 9.17) is 16.3 Å². The lowest BCUT2D eigenvalue weighted by Crippen LogP contribution is -2.28. The van der Waals surface area contributed by atoms with Crippen LogP contribution < -0.4 is 15.4 Å². The fraction of sp³-hybridized carbons (Fsp3) is 0.235. The largest absolute Gasteiger partial charge is 0.496 e. The first-order valence-electron chi connectivity index (χ1n) is 7.30. The molecule has 0 aliphatic carbocycles. The van der Waals surface area contributed by atoms with E-state index in [0.717, 1.165) is 17.7 Å². The molecule has 2 aromatic carbocycles. The third-order valence-corrected chi connectivity index (χ3v) is 3.68. The van der Waals surface area contributed by atoms with Crippen LogP contribution >= 0.6 is 11.6 Å². The van der Waals surface area contributed by atoms with Crippen LogP contribution in [0.15, 0.2) is 42.5 Å².